The monoisotopic (exact) mass is 354 g/mol. The summed E-state index contributed by atoms with van der Waals surface area (Å²) in [5.74, 6) is 0.256. The van der Waals surface area contributed by atoms with Gasteiger partial charge in [-0.1, -0.05) is 12.1 Å². The number of rotatable bonds is 4. The largest absolute Gasteiger partial charge is 0.485 e. The summed E-state index contributed by atoms with van der Waals surface area (Å²) < 4.78 is 16.3. The number of carbonyl (C=O) groups is 2. The van der Waals surface area contributed by atoms with Crippen LogP contribution in [0, 0.1) is 27.7 Å². The molecular formula is C21H22O5. The van der Waals surface area contributed by atoms with Gasteiger partial charge in [0.25, 0.3) is 0 Å². The number of hydrogen-bond acceptors (Lipinski definition) is 5. The van der Waals surface area contributed by atoms with E-state index in [1.54, 1.807) is 18.2 Å². The molecule has 1 aliphatic heterocycles. The fourth-order valence-electron chi connectivity index (χ4n) is 2.94. The van der Waals surface area contributed by atoms with E-state index in [1.165, 1.54) is 5.56 Å². The van der Waals surface area contributed by atoms with Crippen LogP contribution in [0.5, 0.6) is 11.5 Å². The van der Waals surface area contributed by atoms with E-state index < -0.39 is 12.1 Å². The maximum absolute atomic E-state index is 12.5. The topological polar surface area (TPSA) is 61.8 Å². The predicted octanol–water partition coefficient (Wildman–Crippen LogP) is 3.49. The van der Waals surface area contributed by atoms with Crippen LogP contribution in [-0.2, 0) is 9.53 Å². The minimum atomic E-state index is -0.875. The number of para-hydroxylation sites is 2. The van der Waals surface area contributed by atoms with Crippen LogP contribution in [0.2, 0.25) is 0 Å². The summed E-state index contributed by atoms with van der Waals surface area (Å²) in [7, 11) is 0. The number of ketones is 1. The quantitative estimate of drug-likeness (QED) is 0.621. The molecule has 26 heavy (non-hydrogen) atoms. The zero-order valence-electron chi connectivity index (χ0n) is 15.4. The van der Waals surface area contributed by atoms with Crippen LogP contribution in [0.3, 0.4) is 0 Å². The van der Waals surface area contributed by atoms with Gasteiger partial charge >= 0.3 is 5.97 Å². The summed E-state index contributed by atoms with van der Waals surface area (Å²) in [5.41, 5.74) is 4.80. The van der Waals surface area contributed by atoms with Crippen molar-refractivity contribution in [3.8, 4) is 11.5 Å². The molecule has 3 rings (SSSR count). The molecule has 0 unspecified atom stereocenters. The van der Waals surface area contributed by atoms with E-state index in [0.29, 0.717) is 17.1 Å². The van der Waals surface area contributed by atoms with E-state index >= 15 is 0 Å². The van der Waals surface area contributed by atoms with Crippen molar-refractivity contribution in [3.05, 3.63) is 58.1 Å². The van der Waals surface area contributed by atoms with Gasteiger partial charge in [0.15, 0.2) is 18.1 Å². The molecule has 5 heteroatoms. The molecule has 0 aliphatic carbocycles. The zero-order valence-corrected chi connectivity index (χ0v) is 15.4. The normalized spacial score (nSPS) is 15.5. The third-order valence-corrected chi connectivity index (χ3v) is 4.90. The van der Waals surface area contributed by atoms with Gasteiger partial charge in [-0.25, -0.2) is 4.79 Å². The number of benzene rings is 2. The summed E-state index contributed by atoms with van der Waals surface area (Å²) in [6.07, 6.45) is -0.875. The highest BCUT2D eigenvalue weighted by molar-refractivity contribution is 6.00. The molecule has 136 valence electrons. The van der Waals surface area contributed by atoms with Crippen LogP contribution in [0.1, 0.15) is 32.6 Å². The maximum Gasteiger partial charge on any atom is 0.351 e. The molecule has 2 aromatic carbocycles. The van der Waals surface area contributed by atoms with Crippen molar-refractivity contribution in [3.63, 3.8) is 0 Å². The van der Waals surface area contributed by atoms with Crippen molar-refractivity contribution >= 4 is 11.8 Å². The molecule has 0 N–H and O–H groups in total. The predicted molar refractivity (Wildman–Crippen MR) is 97.0 cm³/mol. The Hall–Kier alpha value is -2.82. The van der Waals surface area contributed by atoms with Crippen LogP contribution in [0.15, 0.2) is 30.3 Å². The van der Waals surface area contributed by atoms with E-state index in [2.05, 4.69) is 0 Å². The molecule has 0 saturated heterocycles. The fourth-order valence-corrected chi connectivity index (χ4v) is 2.94. The number of esters is 1. The van der Waals surface area contributed by atoms with Gasteiger partial charge < -0.3 is 14.2 Å². The molecule has 0 amide bonds. The second-order valence-corrected chi connectivity index (χ2v) is 6.51. The van der Waals surface area contributed by atoms with Crippen molar-refractivity contribution in [2.45, 2.75) is 33.8 Å². The Bertz CT molecular complexity index is 869. The average Bonchev–Trinajstić information content (AvgIpc) is 2.66. The molecule has 1 aliphatic rings. The summed E-state index contributed by atoms with van der Waals surface area (Å²) >= 11 is 0. The van der Waals surface area contributed by atoms with Gasteiger partial charge in [-0.3, -0.25) is 4.79 Å². The molecule has 5 nitrogen and oxygen atoms in total. The first-order valence-electron chi connectivity index (χ1n) is 8.54. The number of ether oxygens (including phenoxy) is 3. The Labute approximate surface area is 152 Å². The van der Waals surface area contributed by atoms with E-state index in [9.17, 15) is 9.59 Å². The first-order chi connectivity index (χ1) is 12.4. The second kappa shape index (κ2) is 7.20. The van der Waals surface area contributed by atoms with Gasteiger partial charge in [-0.15, -0.1) is 0 Å². The number of aryl methyl sites for hydroxylation is 1. The lowest BCUT2D eigenvalue weighted by Gasteiger charge is -2.24. The van der Waals surface area contributed by atoms with Crippen molar-refractivity contribution in [2.24, 2.45) is 0 Å². The summed E-state index contributed by atoms with van der Waals surface area (Å²) in [6, 6.07) is 8.97. The Balaban J connectivity index is 1.65. The maximum atomic E-state index is 12.5. The molecule has 0 saturated carbocycles. The minimum Gasteiger partial charge on any atom is -0.485 e. The van der Waals surface area contributed by atoms with Gasteiger partial charge in [0.2, 0.25) is 11.9 Å². The third-order valence-electron chi connectivity index (χ3n) is 4.90. The third kappa shape index (κ3) is 3.43. The zero-order chi connectivity index (χ0) is 18.8. The lowest BCUT2D eigenvalue weighted by Crippen LogP contribution is -2.38. The van der Waals surface area contributed by atoms with Crippen molar-refractivity contribution in [1.82, 2.24) is 0 Å². The molecule has 1 heterocycles. The van der Waals surface area contributed by atoms with Gasteiger partial charge in [0, 0.05) is 5.56 Å². The van der Waals surface area contributed by atoms with Gasteiger partial charge in [0.1, 0.15) is 6.61 Å². The second-order valence-electron chi connectivity index (χ2n) is 6.51. The van der Waals surface area contributed by atoms with Crippen LogP contribution in [0.4, 0.5) is 0 Å². The summed E-state index contributed by atoms with van der Waals surface area (Å²) in [6.45, 7) is 7.64. The number of hydrogen-bond donors (Lipinski definition) is 0. The van der Waals surface area contributed by atoms with Crippen LogP contribution in [-0.4, -0.2) is 31.1 Å². The van der Waals surface area contributed by atoms with Crippen molar-refractivity contribution in [1.29, 1.82) is 0 Å². The lowest BCUT2D eigenvalue weighted by molar-refractivity contribution is -0.153. The molecule has 2 aromatic rings. The minimum absolute atomic E-state index is 0.0613. The smallest absolute Gasteiger partial charge is 0.351 e. The summed E-state index contributed by atoms with van der Waals surface area (Å²) in [5, 5.41) is 0. The highest BCUT2D eigenvalue weighted by atomic mass is 16.6. The van der Waals surface area contributed by atoms with Gasteiger partial charge in [-0.05, 0) is 68.1 Å². The molecule has 0 fully saturated rings. The standard InChI is InChI=1S/C21H22O5/c1-12-9-16(15(4)14(3)13(12)2)17(22)10-25-21(23)20-11-24-18-7-5-6-8-19(18)26-20/h5-9,20H,10-11H2,1-4H3/t20-/m0/s1. The van der Waals surface area contributed by atoms with Crippen molar-refractivity contribution < 1.29 is 23.8 Å². The molecule has 0 aromatic heterocycles. The first-order valence-corrected chi connectivity index (χ1v) is 8.54. The van der Waals surface area contributed by atoms with Gasteiger partial charge in [0.05, 0.1) is 0 Å². The SMILES string of the molecule is Cc1cc(C(=O)COC(=O)[C@@H]2COc3ccccc3O2)c(C)c(C)c1C. The highest BCUT2D eigenvalue weighted by Gasteiger charge is 2.29. The molecular weight excluding hydrogens is 332 g/mol. The van der Waals surface area contributed by atoms with E-state index in [1.807, 2.05) is 39.8 Å². The average molecular weight is 354 g/mol. The number of fused-ring (bicyclic) bond motifs is 1. The van der Waals surface area contributed by atoms with E-state index in [4.69, 9.17) is 14.2 Å². The molecule has 0 bridgehead atoms. The summed E-state index contributed by atoms with van der Waals surface area (Å²) in [4.78, 5) is 24.8. The number of carbonyl (C=O) groups excluding carboxylic acids is 2. The van der Waals surface area contributed by atoms with Crippen LogP contribution < -0.4 is 9.47 Å². The molecule has 0 spiro atoms. The lowest BCUT2D eigenvalue weighted by atomic mass is 9.93. The van der Waals surface area contributed by atoms with E-state index in [0.717, 1.165) is 16.7 Å². The van der Waals surface area contributed by atoms with Crippen LogP contribution >= 0.6 is 0 Å². The number of Topliss-reactive ketones (excluding diaryl/α,β-unsaturated/α-hetero) is 1. The van der Waals surface area contributed by atoms with Crippen LogP contribution in [0.25, 0.3) is 0 Å². The molecule has 1 atom stereocenters. The highest BCUT2D eigenvalue weighted by Crippen LogP contribution is 2.31. The molecule has 0 radical (unpaired) electrons. The Kier molecular flexibility index (Phi) is 4.98. The van der Waals surface area contributed by atoms with Crippen molar-refractivity contribution in [2.75, 3.05) is 13.2 Å². The first kappa shape index (κ1) is 18.0. The Morgan fingerprint density at radius 2 is 1.73 bits per heavy atom. The van der Waals surface area contributed by atoms with Gasteiger partial charge in [-0.2, -0.15) is 0 Å². The fraction of sp³-hybridized carbons (Fsp3) is 0.333. The Morgan fingerprint density at radius 1 is 1.04 bits per heavy atom. The Morgan fingerprint density at radius 3 is 2.46 bits per heavy atom. The van der Waals surface area contributed by atoms with E-state index in [-0.39, 0.29) is 19.0 Å².